The number of nitrogens with one attached hydrogen (secondary N) is 1. The number of hydrogen-bond acceptors (Lipinski definition) is 18. The Morgan fingerprint density at radius 1 is 0.592 bits per heavy atom. The van der Waals surface area contributed by atoms with Gasteiger partial charge in [0.1, 0.15) is 67.1 Å². The molecule has 286 valence electrons. The summed E-state index contributed by atoms with van der Waals surface area (Å²) < 4.78 is 45.2. The molecule has 0 aromatic carbocycles. The Bertz CT molecular complexity index is 1080. The van der Waals surface area contributed by atoms with Crippen molar-refractivity contribution in [3.8, 4) is 0 Å². The van der Waals surface area contributed by atoms with Crippen LogP contribution in [0.4, 0.5) is 0 Å². The van der Waals surface area contributed by atoms with E-state index in [1.807, 2.05) is 0 Å². The zero-order valence-corrected chi connectivity index (χ0v) is 28.5. The number of carbonyl (C=O) groups excluding carboxylic acids is 1. The molecule has 0 aliphatic carbocycles. The summed E-state index contributed by atoms with van der Waals surface area (Å²) in [5, 5.41) is 99.0. The normalized spacial score (nSPS) is 49.8. The zero-order valence-electron chi connectivity index (χ0n) is 28.5. The second-order valence-corrected chi connectivity index (χ2v) is 13.9. The van der Waals surface area contributed by atoms with Gasteiger partial charge >= 0.3 is 0 Å². The SMILES string of the molecule is CO[C@H]1C(O)[C@H](NC(=O)CC(C)(C)O)C(C)O[C@H]1OC1[C@@H](O)C(C)O[C@@H](OC2[C@@H](O)C(C)O[C@@H](O[C@H]3C(O)[C@@H](O)C(C)O[C@H]3O)[C@H]2O)[C@H]1O. The summed E-state index contributed by atoms with van der Waals surface area (Å²) in [4.78, 5) is 12.5. The van der Waals surface area contributed by atoms with Gasteiger partial charge in [-0.2, -0.15) is 0 Å². The van der Waals surface area contributed by atoms with Crippen molar-refractivity contribution in [2.75, 3.05) is 7.11 Å². The summed E-state index contributed by atoms with van der Waals surface area (Å²) in [5.74, 6) is -0.545. The number of amides is 1. The first-order valence-corrected chi connectivity index (χ1v) is 16.3. The predicted molar refractivity (Wildman–Crippen MR) is 160 cm³/mol. The monoisotopic (exact) mass is 715 g/mol. The zero-order chi connectivity index (χ0) is 36.7. The Labute approximate surface area is 283 Å². The van der Waals surface area contributed by atoms with E-state index >= 15 is 0 Å². The third-order valence-electron chi connectivity index (χ3n) is 9.26. The molecule has 0 saturated carbocycles. The first kappa shape index (κ1) is 40.6. The molecule has 4 heterocycles. The maximum atomic E-state index is 12.5. The maximum absolute atomic E-state index is 12.5. The van der Waals surface area contributed by atoms with E-state index in [1.165, 1.54) is 41.7 Å². The van der Waals surface area contributed by atoms with Crippen LogP contribution < -0.4 is 5.32 Å². The smallest absolute Gasteiger partial charge is 0.223 e. The van der Waals surface area contributed by atoms with Gasteiger partial charge in [0.2, 0.25) is 5.91 Å². The van der Waals surface area contributed by atoms with Gasteiger partial charge in [0, 0.05) is 7.11 Å². The highest BCUT2D eigenvalue weighted by Crippen LogP contribution is 2.34. The summed E-state index contributed by atoms with van der Waals surface area (Å²) in [6.45, 7) is 8.79. The van der Waals surface area contributed by atoms with Gasteiger partial charge in [-0.3, -0.25) is 4.79 Å². The molecule has 19 nitrogen and oxygen atoms in total. The number of ether oxygens (including phenoxy) is 8. The lowest BCUT2D eigenvalue weighted by molar-refractivity contribution is -0.385. The van der Waals surface area contributed by atoms with Crippen LogP contribution in [0.1, 0.15) is 48.0 Å². The molecule has 0 bridgehead atoms. The highest BCUT2D eigenvalue weighted by atomic mass is 16.8. The standard InChI is InChI=1S/C30H53NO18/c1-9-14(31-13(32)8-30(5,6)41)18(36)25(42-7)29(44-9)48-23-17(35)12(4)45-27(21(23)39)47-22-16(34)11(3)46-28(20(22)38)49-24-19(37)15(33)10(2)43-26(24)40/h9-12,14-29,33-41H,8H2,1-7H3,(H,31,32)/t9?,10?,11?,12?,14-,15+,16+,17+,18?,19?,20+,21+,22?,23?,24+,25+,26-,27+,28+,29+/m1/s1. The first-order chi connectivity index (χ1) is 22.7. The third-order valence-corrected chi connectivity index (χ3v) is 9.26. The Morgan fingerprint density at radius 3 is 1.53 bits per heavy atom. The molecule has 0 aromatic rings. The van der Waals surface area contributed by atoms with Crippen LogP contribution >= 0.6 is 0 Å². The molecule has 4 rings (SSSR count). The molecule has 20 atom stereocenters. The fourth-order valence-corrected chi connectivity index (χ4v) is 6.38. The van der Waals surface area contributed by atoms with Crippen LogP contribution in [-0.2, 0) is 42.7 Å². The van der Waals surface area contributed by atoms with Crippen LogP contribution in [0.25, 0.3) is 0 Å². The Morgan fingerprint density at radius 2 is 1.04 bits per heavy atom. The van der Waals surface area contributed by atoms with Gasteiger partial charge in [0.15, 0.2) is 25.2 Å². The number of rotatable bonds is 10. The average molecular weight is 716 g/mol. The second-order valence-electron chi connectivity index (χ2n) is 13.9. The molecular weight excluding hydrogens is 662 g/mol. The summed E-state index contributed by atoms with van der Waals surface area (Å²) in [6.07, 6.45) is -27.4. The van der Waals surface area contributed by atoms with Gasteiger partial charge in [0.25, 0.3) is 0 Å². The minimum absolute atomic E-state index is 0.246. The van der Waals surface area contributed by atoms with Crippen molar-refractivity contribution in [1.29, 1.82) is 0 Å². The number of aliphatic hydroxyl groups is 9. The number of hydrogen-bond donors (Lipinski definition) is 10. The van der Waals surface area contributed by atoms with Crippen LogP contribution in [0.2, 0.25) is 0 Å². The molecule has 8 unspecified atom stereocenters. The quantitative estimate of drug-likeness (QED) is 0.102. The Kier molecular flexibility index (Phi) is 13.4. The van der Waals surface area contributed by atoms with Crippen LogP contribution in [-0.4, -0.2) is 187 Å². The molecule has 49 heavy (non-hydrogen) atoms. The molecular formula is C30H53NO18. The van der Waals surface area contributed by atoms with E-state index in [4.69, 9.17) is 37.9 Å². The van der Waals surface area contributed by atoms with Gasteiger partial charge in [0.05, 0.1) is 42.5 Å². The summed E-state index contributed by atoms with van der Waals surface area (Å²) in [7, 11) is 1.26. The maximum Gasteiger partial charge on any atom is 0.223 e. The topological polar surface area (TPSA) is 285 Å². The summed E-state index contributed by atoms with van der Waals surface area (Å²) in [6, 6.07) is -0.970. The number of aliphatic hydroxyl groups excluding tert-OH is 8. The van der Waals surface area contributed by atoms with Gasteiger partial charge in [-0.25, -0.2) is 0 Å². The Balaban J connectivity index is 1.46. The fourth-order valence-electron chi connectivity index (χ4n) is 6.38. The predicted octanol–water partition coefficient (Wildman–Crippen LogP) is -4.70. The van der Waals surface area contributed by atoms with Crippen molar-refractivity contribution in [2.24, 2.45) is 0 Å². The highest BCUT2D eigenvalue weighted by Gasteiger charge is 2.54. The van der Waals surface area contributed by atoms with Gasteiger partial charge < -0.3 is 89.2 Å². The average Bonchev–Trinajstić information content (AvgIpc) is 3.00. The molecule has 4 fully saturated rings. The molecule has 0 aromatic heterocycles. The van der Waals surface area contributed by atoms with Crippen molar-refractivity contribution in [2.45, 2.75) is 176 Å². The lowest BCUT2D eigenvalue weighted by Crippen LogP contribution is -2.67. The minimum atomic E-state index is -1.81. The molecule has 4 aliphatic rings. The molecule has 4 saturated heterocycles. The van der Waals surface area contributed by atoms with Gasteiger partial charge in [-0.15, -0.1) is 0 Å². The van der Waals surface area contributed by atoms with E-state index in [2.05, 4.69) is 5.32 Å². The summed E-state index contributed by atoms with van der Waals surface area (Å²) in [5.41, 5.74) is -1.30. The summed E-state index contributed by atoms with van der Waals surface area (Å²) >= 11 is 0. The largest absolute Gasteiger partial charge is 0.390 e. The molecule has 0 spiro atoms. The Hall–Kier alpha value is -1.21. The van der Waals surface area contributed by atoms with Gasteiger partial charge in [-0.05, 0) is 41.5 Å². The van der Waals surface area contributed by atoms with Crippen molar-refractivity contribution in [3.63, 3.8) is 0 Å². The van der Waals surface area contributed by atoms with Crippen LogP contribution in [0.5, 0.6) is 0 Å². The third kappa shape index (κ3) is 9.06. The van der Waals surface area contributed by atoms with E-state index in [0.29, 0.717) is 0 Å². The van der Waals surface area contributed by atoms with Crippen molar-refractivity contribution in [3.05, 3.63) is 0 Å². The molecule has 4 aliphatic heterocycles. The van der Waals surface area contributed by atoms with Crippen LogP contribution in [0, 0.1) is 0 Å². The lowest BCUT2D eigenvalue weighted by atomic mass is 9.94. The van der Waals surface area contributed by atoms with E-state index in [0.717, 1.165) is 0 Å². The van der Waals surface area contributed by atoms with E-state index < -0.39 is 134 Å². The molecule has 1 amide bonds. The van der Waals surface area contributed by atoms with E-state index in [1.54, 1.807) is 6.92 Å². The van der Waals surface area contributed by atoms with E-state index in [9.17, 15) is 50.8 Å². The van der Waals surface area contributed by atoms with Crippen LogP contribution in [0.3, 0.4) is 0 Å². The number of carbonyl (C=O) groups is 1. The second kappa shape index (κ2) is 16.2. The molecule has 19 heteroatoms. The van der Waals surface area contributed by atoms with Crippen molar-refractivity contribution >= 4 is 5.91 Å². The van der Waals surface area contributed by atoms with Crippen molar-refractivity contribution in [1.82, 2.24) is 5.32 Å². The fraction of sp³-hybridized carbons (Fsp3) is 0.967. The van der Waals surface area contributed by atoms with E-state index in [-0.39, 0.29) is 6.42 Å². The minimum Gasteiger partial charge on any atom is -0.390 e. The highest BCUT2D eigenvalue weighted by molar-refractivity contribution is 5.77. The molecule has 0 radical (unpaired) electrons. The van der Waals surface area contributed by atoms with Crippen LogP contribution in [0.15, 0.2) is 0 Å². The number of methoxy groups -OCH3 is 1. The lowest BCUT2D eigenvalue weighted by Gasteiger charge is -2.49. The molecule has 10 N–H and O–H groups in total. The van der Waals surface area contributed by atoms with Crippen molar-refractivity contribution < 1.29 is 88.6 Å². The first-order valence-electron chi connectivity index (χ1n) is 16.3. The van der Waals surface area contributed by atoms with Gasteiger partial charge in [-0.1, -0.05) is 0 Å².